The van der Waals surface area contributed by atoms with E-state index in [2.05, 4.69) is 15.2 Å². The SMILES string of the molecule is CC(C)OCCc1ncn[nH]1. The maximum atomic E-state index is 5.33. The molecule has 0 spiro atoms. The van der Waals surface area contributed by atoms with Gasteiger partial charge in [-0.3, -0.25) is 5.10 Å². The number of nitrogens with zero attached hydrogens (tertiary/aromatic N) is 2. The largest absolute Gasteiger partial charge is 0.378 e. The summed E-state index contributed by atoms with van der Waals surface area (Å²) in [5.74, 6) is 0.880. The van der Waals surface area contributed by atoms with E-state index in [1.807, 2.05) is 13.8 Å². The van der Waals surface area contributed by atoms with Crippen molar-refractivity contribution >= 4 is 0 Å². The van der Waals surface area contributed by atoms with Crippen LogP contribution in [0, 0.1) is 0 Å². The molecule has 0 saturated carbocycles. The molecule has 1 heterocycles. The van der Waals surface area contributed by atoms with Gasteiger partial charge in [0.15, 0.2) is 0 Å². The fourth-order valence-corrected chi connectivity index (χ4v) is 0.743. The van der Waals surface area contributed by atoms with Crippen molar-refractivity contribution < 1.29 is 4.74 Å². The van der Waals surface area contributed by atoms with Crippen LogP contribution in [0.4, 0.5) is 0 Å². The predicted octanol–water partition coefficient (Wildman–Crippen LogP) is 0.772. The number of H-pyrrole nitrogens is 1. The molecule has 4 nitrogen and oxygen atoms in total. The van der Waals surface area contributed by atoms with E-state index in [0.717, 1.165) is 12.2 Å². The highest BCUT2D eigenvalue weighted by atomic mass is 16.5. The summed E-state index contributed by atoms with van der Waals surface area (Å²) in [6.45, 7) is 4.73. The molecule has 0 aliphatic heterocycles. The van der Waals surface area contributed by atoms with Gasteiger partial charge in [-0.15, -0.1) is 0 Å². The molecule has 0 aliphatic rings. The Bertz CT molecular complexity index is 184. The Morgan fingerprint density at radius 2 is 2.45 bits per heavy atom. The highest BCUT2D eigenvalue weighted by Crippen LogP contribution is 1.92. The van der Waals surface area contributed by atoms with E-state index in [-0.39, 0.29) is 6.10 Å². The summed E-state index contributed by atoms with van der Waals surface area (Å²) in [7, 11) is 0. The van der Waals surface area contributed by atoms with Crippen LogP contribution in [-0.4, -0.2) is 27.9 Å². The van der Waals surface area contributed by atoms with Crippen LogP contribution in [0.3, 0.4) is 0 Å². The molecule has 11 heavy (non-hydrogen) atoms. The first-order valence-electron chi connectivity index (χ1n) is 3.75. The van der Waals surface area contributed by atoms with Crippen LogP contribution in [0.5, 0.6) is 0 Å². The molecule has 0 radical (unpaired) electrons. The van der Waals surface area contributed by atoms with Crippen molar-refractivity contribution in [2.45, 2.75) is 26.4 Å². The Morgan fingerprint density at radius 3 is 3.00 bits per heavy atom. The molecule has 0 fully saturated rings. The van der Waals surface area contributed by atoms with Crippen LogP contribution in [0.15, 0.2) is 6.33 Å². The van der Waals surface area contributed by atoms with Gasteiger partial charge in [-0.05, 0) is 13.8 Å². The van der Waals surface area contributed by atoms with Crippen LogP contribution < -0.4 is 0 Å². The highest BCUT2D eigenvalue weighted by Gasteiger charge is 1.96. The summed E-state index contributed by atoms with van der Waals surface area (Å²) >= 11 is 0. The van der Waals surface area contributed by atoms with Gasteiger partial charge in [0.1, 0.15) is 12.2 Å². The fourth-order valence-electron chi connectivity index (χ4n) is 0.743. The number of aromatic amines is 1. The minimum Gasteiger partial charge on any atom is -0.378 e. The maximum Gasteiger partial charge on any atom is 0.137 e. The Kier molecular flexibility index (Phi) is 3.04. The van der Waals surface area contributed by atoms with E-state index < -0.39 is 0 Å². The van der Waals surface area contributed by atoms with Gasteiger partial charge < -0.3 is 4.74 Å². The first-order valence-corrected chi connectivity index (χ1v) is 3.75. The van der Waals surface area contributed by atoms with Crippen LogP contribution in [-0.2, 0) is 11.2 Å². The third-order valence-electron chi connectivity index (χ3n) is 1.25. The first-order chi connectivity index (χ1) is 5.29. The van der Waals surface area contributed by atoms with Crippen LogP contribution in [0.1, 0.15) is 19.7 Å². The predicted molar refractivity (Wildman–Crippen MR) is 41.2 cm³/mol. The Balaban J connectivity index is 2.14. The van der Waals surface area contributed by atoms with Crippen LogP contribution in [0.2, 0.25) is 0 Å². The zero-order chi connectivity index (χ0) is 8.10. The molecule has 0 amide bonds. The van der Waals surface area contributed by atoms with E-state index >= 15 is 0 Å². The Morgan fingerprint density at radius 1 is 1.64 bits per heavy atom. The zero-order valence-corrected chi connectivity index (χ0v) is 6.87. The van der Waals surface area contributed by atoms with E-state index in [0.29, 0.717) is 6.61 Å². The average Bonchev–Trinajstić information content (AvgIpc) is 2.39. The average molecular weight is 155 g/mol. The fraction of sp³-hybridized carbons (Fsp3) is 0.714. The minimum atomic E-state index is 0.290. The number of ether oxygens (including phenoxy) is 1. The normalized spacial score (nSPS) is 10.8. The minimum absolute atomic E-state index is 0.290. The highest BCUT2D eigenvalue weighted by molar-refractivity contribution is 4.79. The van der Waals surface area contributed by atoms with Crippen molar-refractivity contribution in [3.05, 3.63) is 12.2 Å². The van der Waals surface area contributed by atoms with E-state index in [1.54, 1.807) is 0 Å². The molecule has 1 N–H and O–H groups in total. The van der Waals surface area contributed by atoms with Gasteiger partial charge in [0.2, 0.25) is 0 Å². The molecule has 0 aromatic carbocycles. The number of hydrogen-bond acceptors (Lipinski definition) is 3. The van der Waals surface area contributed by atoms with E-state index in [1.165, 1.54) is 6.33 Å². The monoisotopic (exact) mass is 155 g/mol. The second-order valence-corrected chi connectivity index (χ2v) is 2.60. The van der Waals surface area contributed by atoms with Crippen molar-refractivity contribution in [2.75, 3.05) is 6.61 Å². The third-order valence-corrected chi connectivity index (χ3v) is 1.25. The smallest absolute Gasteiger partial charge is 0.137 e. The number of hydrogen-bond donors (Lipinski definition) is 1. The Hall–Kier alpha value is -0.900. The molecule has 0 bridgehead atoms. The molecule has 0 saturated heterocycles. The van der Waals surface area contributed by atoms with Gasteiger partial charge in [-0.25, -0.2) is 4.98 Å². The number of nitrogens with one attached hydrogen (secondary N) is 1. The molecule has 1 aromatic heterocycles. The molecule has 0 aliphatic carbocycles. The molecule has 4 heteroatoms. The van der Waals surface area contributed by atoms with Crippen molar-refractivity contribution in [1.29, 1.82) is 0 Å². The summed E-state index contributed by atoms with van der Waals surface area (Å²) in [6.07, 6.45) is 2.60. The van der Waals surface area contributed by atoms with E-state index in [4.69, 9.17) is 4.74 Å². The molecular formula is C7H13N3O. The number of rotatable bonds is 4. The molecular weight excluding hydrogens is 142 g/mol. The Labute approximate surface area is 66.0 Å². The van der Waals surface area contributed by atoms with Crippen LogP contribution in [0.25, 0.3) is 0 Å². The number of aromatic nitrogens is 3. The van der Waals surface area contributed by atoms with Gasteiger partial charge in [0.25, 0.3) is 0 Å². The maximum absolute atomic E-state index is 5.33. The summed E-state index contributed by atoms with van der Waals surface area (Å²) in [5.41, 5.74) is 0. The lowest BCUT2D eigenvalue weighted by Crippen LogP contribution is -2.06. The lowest BCUT2D eigenvalue weighted by atomic mass is 10.4. The third kappa shape index (κ3) is 3.13. The lowest BCUT2D eigenvalue weighted by molar-refractivity contribution is 0.0804. The quantitative estimate of drug-likeness (QED) is 0.698. The van der Waals surface area contributed by atoms with Crippen molar-refractivity contribution in [1.82, 2.24) is 15.2 Å². The first kappa shape index (κ1) is 8.20. The topological polar surface area (TPSA) is 50.8 Å². The van der Waals surface area contributed by atoms with Gasteiger partial charge in [-0.1, -0.05) is 0 Å². The molecule has 0 atom stereocenters. The zero-order valence-electron chi connectivity index (χ0n) is 6.87. The summed E-state index contributed by atoms with van der Waals surface area (Å²) in [5, 5.41) is 6.50. The van der Waals surface area contributed by atoms with Crippen LogP contribution >= 0.6 is 0 Å². The standard InChI is InChI=1S/C7H13N3O/c1-6(2)11-4-3-7-8-5-9-10-7/h5-6H,3-4H2,1-2H3,(H,8,9,10). The van der Waals surface area contributed by atoms with Crippen molar-refractivity contribution in [3.8, 4) is 0 Å². The van der Waals surface area contributed by atoms with Gasteiger partial charge in [-0.2, -0.15) is 5.10 Å². The summed E-state index contributed by atoms with van der Waals surface area (Å²) < 4.78 is 5.33. The molecule has 1 rings (SSSR count). The van der Waals surface area contributed by atoms with Crippen molar-refractivity contribution in [3.63, 3.8) is 0 Å². The molecule has 62 valence electrons. The van der Waals surface area contributed by atoms with E-state index in [9.17, 15) is 0 Å². The van der Waals surface area contributed by atoms with Gasteiger partial charge >= 0.3 is 0 Å². The second kappa shape index (κ2) is 4.08. The second-order valence-electron chi connectivity index (χ2n) is 2.60. The summed E-state index contributed by atoms with van der Waals surface area (Å²) in [6, 6.07) is 0. The molecule has 0 unspecified atom stereocenters. The van der Waals surface area contributed by atoms with Crippen molar-refractivity contribution in [2.24, 2.45) is 0 Å². The molecule has 1 aromatic rings. The van der Waals surface area contributed by atoms with Gasteiger partial charge in [0.05, 0.1) is 12.7 Å². The van der Waals surface area contributed by atoms with Gasteiger partial charge in [0, 0.05) is 6.42 Å². The summed E-state index contributed by atoms with van der Waals surface area (Å²) in [4.78, 5) is 3.97. The lowest BCUT2D eigenvalue weighted by Gasteiger charge is -2.04.